The predicted octanol–water partition coefficient (Wildman–Crippen LogP) is 6.80. The molecule has 4 rings (SSSR count). The maximum atomic E-state index is 14.0. The van der Waals surface area contributed by atoms with Crippen molar-refractivity contribution in [3.63, 3.8) is 0 Å². The Morgan fingerprint density at radius 1 is 1.06 bits per heavy atom. The Balaban J connectivity index is 1.65. The molecule has 4 unspecified atom stereocenters. The van der Waals surface area contributed by atoms with E-state index in [0.29, 0.717) is 18.1 Å². The van der Waals surface area contributed by atoms with Gasteiger partial charge in [-0.3, -0.25) is 9.59 Å². The fraction of sp³-hybridized carbons (Fsp3) is 0.867. The van der Waals surface area contributed by atoms with Crippen LogP contribution in [0.4, 0.5) is 0 Å². The number of fused-ring (bicyclic) bond motifs is 5. The molecule has 4 aliphatic rings. The first kappa shape index (κ1) is 25.9. The Kier molecular flexibility index (Phi) is 6.24. The molecule has 0 spiro atoms. The molecule has 34 heavy (non-hydrogen) atoms. The van der Waals surface area contributed by atoms with E-state index in [1.807, 2.05) is 13.0 Å². The third-order valence-electron chi connectivity index (χ3n) is 12.1. The molecule has 4 aliphatic carbocycles. The first-order valence-corrected chi connectivity index (χ1v) is 13.8. The number of allylic oxidation sites excluding steroid dienone is 2. The van der Waals surface area contributed by atoms with Crippen molar-refractivity contribution in [1.82, 2.24) is 0 Å². The van der Waals surface area contributed by atoms with Crippen LogP contribution in [0.1, 0.15) is 113 Å². The average molecular weight is 473 g/mol. The molecule has 3 fully saturated rings. The molecule has 0 aromatic rings. The van der Waals surface area contributed by atoms with Gasteiger partial charge in [0.25, 0.3) is 0 Å². The van der Waals surface area contributed by atoms with Gasteiger partial charge in [-0.15, -0.1) is 0 Å². The molecule has 0 aliphatic heterocycles. The summed E-state index contributed by atoms with van der Waals surface area (Å²) < 4.78 is 0. The van der Waals surface area contributed by atoms with Crippen molar-refractivity contribution in [2.75, 3.05) is 0 Å². The molecule has 0 bridgehead atoms. The molecule has 0 aromatic heterocycles. The number of hydrogen-bond donors (Lipinski definition) is 2. The number of rotatable bonds is 5. The van der Waals surface area contributed by atoms with Crippen molar-refractivity contribution in [1.29, 1.82) is 0 Å². The van der Waals surface area contributed by atoms with E-state index in [2.05, 4.69) is 41.5 Å². The van der Waals surface area contributed by atoms with E-state index in [4.69, 9.17) is 0 Å². The number of aliphatic hydroxyl groups excluding tert-OH is 1. The number of carboxylic acids is 1. The second-order valence-corrected chi connectivity index (χ2v) is 14.2. The zero-order chi connectivity index (χ0) is 25.3. The van der Waals surface area contributed by atoms with E-state index in [-0.39, 0.29) is 45.0 Å². The van der Waals surface area contributed by atoms with Gasteiger partial charge in [0.2, 0.25) is 0 Å². The Hall–Kier alpha value is -1.16. The van der Waals surface area contributed by atoms with Gasteiger partial charge < -0.3 is 10.2 Å². The molecule has 4 nitrogen and oxygen atoms in total. The third kappa shape index (κ3) is 3.56. The highest BCUT2D eigenvalue weighted by Crippen LogP contribution is 2.73. The van der Waals surface area contributed by atoms with Crippen LogP contribution in [0.3, 0.4) is 0 Å². The predicted molar refractivity (Wildman–Crippen MR) is 135 cm³/mol. The second kappa shape index (κ2) is 8.18. The lowest BCUT2D eigenvalue weighted by atomic mass is 9.35. The molecule has 0 radical (unpaired) electrons. The van der Waals surface area contributed by atoms with Crippen LogP contribution in [0.15, 0.2) is 11.6 Å². The molecular formula is C30H48O4. The zero-order valence-corrected chi connectivity index (χ0v) is 22.7. The van der Waals surface area contributed by atoms with Crippen LogP contribution in [-0.4, -0.2) is 28.1 Å². The van der Waals surface area contributed by atoms with Gasteiger partial charge >= 0.3 is 5.97 Å². The summed E-state index contributed by atoms with van der Waals surface area (Å²) in [5.74, 6) is -0.259. The normalized spacial score (nSPS) is 46.5. The Morgan fingerprint density at radius 3 is 2.35 bits per heavy atom. The number of hydrogen-bond acceptors (Lipinski definition) is 3. The van der Waals surface area contributed by atoms with Gasteiger partial charge in [-0.05, 0) is 103 Å². The minimum atomic E-state index is -0.681. The fourth-order valence-corrected chi connectivity index (χ4v) is 9.48. The first-order valence-electron chi connectivity index (χ1n) is 13.8. The summed E-state index contributed by atoms with van der Waals surface area (Å²) in [4.78, 5) is 25.5. The lowest BCUT2D eigenvalue weighted by Gasteiger charge is -2.69. The number of aliphatic hydroxyl groups is 1. The molecule has 4 heteroatoms. The smallest absolute Gasteiger partial charge is 0.306 e. The molecule has 8 atom stereocenters. The zero-order valence-electron chi connectivity index (χ0n) is 22.7. The topological polar surface area (TPSA) is 74.6 Å². The molecule has 3 saturated carbocycles. The van der Waals surface area contributed by atoms with Crippen molar-refractivity contribution in [2.45, 2.75) is 119 Å². The highest BCUT2D eigenvalue weighted by molar-refractivity contribution is 5.95. The summed E-state index contributed by atoms with van der Waals surface area (Å²) in [5.41, 5.74) is 1.10. The lowest BCUT2D eigenvalue weighted by molar-refractivity contribution is -0.198. The lowest BCUT2D eigenvalue weighted by Crippen LogP contribution is -2.65. The summed E-state index contributed by atoms with van der Waals surface area (Å²) in [5, 5.41) is 20.3. The van der Waals surface area contributed by atoms with Gasteiger partial charge in [-0.2, -0.15) is 0 Å². The van der Waals surface area contributed by atoms with Crippen LogP contribution in [-0.2, 0) is 9.59 Å². The molecule has 0 amide bonds. The van der Waals surface area contributed by atoms with Crippen molar-refractivity contribution in [2.24, 2.45) is 44.8 Å². The standard InChI is InChI=1S/C30H48O4/c1-8-19(25(33)34)9-12-27(4)15-16-29(6)20(18-27)17-21(31)24-28(5)13-11-23(32)26(2,3)22(28)10-14-30(24,29)7/h17,19,22-24,32H,8-16,18H2,1-7H3,(H,33,34)/t19-,22?,23+,24?,27-,28+,29?,30?/m1/s1. The summed E-state index contributed by atoms with van der Waals surface area (Å²) in [6, 6.07) is 0. The Labute approximate surface area is 207 Å². The van der Waals surface area contributed by atoms with E-state index < -0.39 is 5.97 Å². The quantitative estimate of drug-likeness (QED) is 0.461. The van der Waals surface area contributed by atoms with Crippen LogP contribution in [0, 0.1) is 44.8 Å². The number of carbonyl (C=O) groups excluding carboxylic acids is 1. The van der Waals surface area contributed by atoms with Gasteiger partial charge in [0, 0.05) is 5.92 Å². The molecule has 2 N–H and O–H groups in total. The van der Waals surface area contributed by atoms with E-state index in [1.165, 1.54) is 5.57 Å². The second-order valence-electron chi connectivity index (χ2n) is 14.2. The van der Waals surface area contributed by atoms with Crippen LogP contribution in [0.25, 0.3) is 0 Å². The highest BCUT2D eigenvalue weighted by atomic mass is 16.4. The van der Waals surface area contributed by atoms with Gasteiger partial charge in [0.15, 0.2) is 5.78 Å². The van der Waals surface area contributed by atoms with Gasteiger partial charge in [-0.1, -0.05) is 54.0 Å². The molecule has 192 valence electrons. The van der Waals surface area contributed by atoms with E-state index >= 15 is 0 Å². The summed E-state index contributed by atoms with van der Waals surface area (Å²) >= 11 is 0. The number of aliphatic carboxylic acids is 1. The number of carboxylic acid groups (broad SMARTS) is 1. The largest absolute Gasteiger partial charge is 0.481 e. The third-order valence-corrected chi connectivity index (χ3v) is 12.1. The first-order chi connectivity index (χ1) is 15.6. The van der Waals surface area contributed by atoms with Crippen molar-refractivity contribution >= 4 is 11.8 Å². The molecular weight excluding hydrogens is 424 g/mol. The van der Waals surface area contributed by atoms with Crippen LogP contribution >= 0.6 is 0 Å². The van der Waals surface area contributed by atoms with E-state index in [1.54, 1.807) is 0 Å². The van der Waals surface area contributed by atoms with Crippen LogP contribution in [0.2, 0.25) is 0 Å². The monoisotopic (exact) mass is 472 g/mol. The minimum absolute atomic E-state index is 0.0101. The summed E-state index contributed by atoms with van der Waals surface area (Å²) in [6.45, 7) is 15.9. The maximum absolute atomic E-state index is 14.0. The molecule has 0 saturated heterocycles. The van der Waals surface area contributed by atoms with Crippen LogP contribution in [0.5, 0.6) is 0 Å². The van der Waals surface area contributed by atoms with Gasteiger partial charge in [-0.25, -0.2) is 0 Å². The van der Waals surface area contributed by atoms with Crippen LogP contribution < -0.4 is 0 Å². The van der Waals surface area contributed by atoms with Crippen molar-refractivity contribution in [3.8, 4) is 0 Å². The maximum Gasteiger partial charge on any atom is 0.306 e. The molecule has 0 heterocycles. The average Bonchev–Trinajstić information content (AvgIpc) is 2.73. The highest BCUT2D eigenvalue weighted by Gasteiger charge is 2.68. The minimum Gasteiger partial charge on any atom is -0.481 e. The van der Waals surface area contributed by atoms with Crippen molar-refractivity contribution < 1.29 is 19.8 Å². The molecule has 0 aromatic carbocycles. The number of carbonyl (C=O) groups is 2. The summed E-state index contributed by atoms with van der Waals surface area (Å²) in [7, 11) is 0. The Morgan fingerprint density at radius 2 is 1.74 bits per heavy atom. The van der Waals surface area contributed by atoms with Gasteiger partial charge in [0.1, 0.15) is 0 Å². The summed E-state index contributed by atoms with van der Waals surface area (Å²) in [6.07, 6.45) is 11.0. The SMILES string of the molecule is CC[C@H](CC[C@]1(C)CCC2(C)C(=CC(=O)C3C2(C)CCC2C(C)(C)[C@@H](O)CC[C@@]23C)C1)C(=O)O. The number of ketones is 1. The Bertz CT molecular complexity index is 888. The fourth-order valence-electron chi connectivity index (χ4n) is 9.48. The van der Waals surface area contributed by atoms with Crippen molar-refractivity contribution in [3.05, 3.63) is 11.6 Å². The van der Waals surface area contributed by atoms with Gasteiger partial charge in [0.05, 0.1) is 12.0 Å². The van der Waals surface area contributed by atoms with E-state index in [9.17, 15) is 19.8 Å². The van der Waals surface area contributed by atoms with E-state index in [0.717, 1.165) is 57.8 Å².